The first-order valence-electron chi connectivity index (χ1n) is 5.57. The van der Waals surface area contributed by atoms with Gasteiger partial charge in [0.25, 0.3) is 0 Å². The van der Waals surface area contributed by atoms with E-state index in [1.165, 1.54) is 6.07 Å². The maximum atomic E-state index is 12.8. The fraction of sp³-hybridized carbons (Fsp3) is 0.500. The van der Waals surface area contributed by atoms with Crippen molar-refractivity contribution in [2.24, 2.45) is 0 Å². The summed E-state index contributed by atoms with van der Waals surface area (Å²) in [6.45, 7) is 0.310. The normalized spacial score (nSPS) is 11.6. The Balaban J connectivity index is 2.94. The molecule has 1 aromatic rings. The van der Waals surface area contributed by atoms with Crippen LogP contribution in [0.25, 0.3) is 0 Å². The van der Waals surface area contributed by atoms with Gasteiger partial charge >= 0.3 is 6.18 Å². The van der Waals surface area contributed by atoms with E-state index < -0.39 is 11.7 Å². The molecule has 0 aliphatic carbocycles. The van der Waals surface area contributed by atoms with Crippen LogP contribution in [-0.4, -0.2) is 25.4 Å². The van der Waals surface area contributed by atoms with Gasteiger partial charge in [-0.1, -0.05) is 6.07 Å². The maximum absolute atomic E-state index is 12.8. The van der Waals surface area contributed by atoms with Crippen LogP contribution >= 0.6 is 0 Å². The zero-order chi connectivity index (χ0) is 13.6. The predicted octanol–water partition coefficient (Wildman–Crippen LogP) is 2.19. The molecule has 1 rings (SSSR count). The van der Waals surface area contributed by atoms with Gasteiger partial charge in [-0.3, -0.25) is 0 Å². The number of aliphatic hydroxyl groups is 1. The first kappa shape index (κ1) is 14.8. The van der Waals surface area contributed by atoms with E-state index in [0.717, 1.165) is 6.07 Å². The molecule has 6 heteroatoms. The van der Waals surface area contributed by atoms with Gasteiger partial charge < -0.3 is 15.2 Å². The Morgan fingerprint density at radius 3 is 2.61 bits per heavy atom. The summed E-state index contributed by atoms with van der Waals surface area (Å²) in [5.74, 6) is -0.198. The molecule has 0 heterocycles. The van der Waals surface area contributed by atoms with Crippen LogP contribution in [0.3, 0.4) is 0 Å². The van der Waals surface area contributed by atoms with Crippen LogP contribution < -0.4 is 10.1 Å². The molecule has 0 bridgehead atoms. The third kappa shape index (κ3) is 4.19. The Kier molecular flexibility index (Phi) is 5.43. The molecular formula is C12H16F3NO2. The lowest BCUT2D eigenvalue weighted by Crippen LogP contribution is -2.12. The van der Waals surface area contributed by atoms with Gasteiger partial charge in [0.1, 0.15) is 5.75 Å². The number of hydrogen-bond acceptors (Lipinski definition) is 3. The summed E-state index contributed by atoms with van der Waals surface area (Å²) in [4.78, 5) is 0. The first-order chi connectivity index (χ1) is 8.49. The van der Waals surface area contributed by atoms with E-state index in [9.17, 15) is 13.2 Å². The topological polar surface area (TPSA) is 41.5 Å². The van der Waals surface area contributed by atoms with E-state index >= 15 is 0 Å². The summed E-state index contributed by atoms with van der Waals surface area (Å²) in [6, 6.07) is 3.97. The van der Waals surface area contributed by atoms with E-state index in [2.05, 4.69) is 5.32 Å². The Morgan fingerprint density at radius 2 is 2.06 bits per heavy atom. The highest BCUT2D eigenvalue weighted by molar-refractivity contribution is 5.39. The lowest BCUT2D eigenvalue weighted by molar-refractivity contribution is -0.139. The summed E-state index contributed by atoms with van der Waals surface area (Å²) < 4.78 is 43.5. The molecule has 3 nitrogen and oxygen atoms in total. The zero-order valence-electron chi connectivity index (χ0n) is 10.0. The third-order valence-corrected chi connectivity index (χ3v) is 2.29. The molecule has 0 aromatic heterocycles. The van der Waals surface area contributed by atoms with Gasteiger partial charge in [0.2, 0.25) is 0 Å². The Bertz CT molecular complexity index is 380. The smallest absolute Gasteiger partial charge is 0.419 e. The van der Waals surface area contributed by atoms with Crippen molar-refractivity contribution in [3.63, 3.8) is 0 Å². The van der Waals surface area contributed by atoms with Crippen molar-refractivity contribution in [2.45, 2.75) is 19.1 Å². The molecule has 0 spiro atoms. The molecule has 0 unspecified atom stereocenters. The van der Waals surface area contributed by atoms with E-state index in [1.54, 1.807) is 13.1 Å². The van der Waals surface area contributed by atoms with Gasteiger partial charge in [-0.15, -0.1) is 0 Å². The first-order valence-corrected chi connectivity index (χ1v) is 5.57. The number of hydrogen-bond donors (Lipinski definition) is 2. The zero-order valence-corrected chi connectivity index (χ0v) is 10.0. The second-order valence-corrected chi connectivity index (χ2v) is 3.78. The highest BCUT2D eigenvalue weighted by Crippen LogP contribution is 2.36. The van der Waals surface area contributed by atoms with Crippen molar-refractivity contribution in [3.8, 4) is 5.75 Å². The lowest BCUT2D eigenvalue weighted by Gasteiger charge is -2.15. The summed E-state index contributed by atoms with van der Waals surface area (Å²) in [5.41, 5.74) is -0.243. The number of halogens is 3. The van der Waals surface area contributed by atoms with Crippen molar-refractivity contribution >= 4 is 0 Å². The van der Waals surface area contributed by atoms with E-state index in [0.29, 0.717) is 18.5 Å². The molecule has 0 fully saturated rings. The maximum Gasteiger partial charge on any atom is 0.419 e. The lowest BCUT2D eigenvalue weighted by atomic mass is 10.1. The average molecular weight is 263 g/mol. The van der Waals surface area contributed by atoms with E-state index in [1.807, 2.05) is 0 Å². The minimum Gasteiger partial charge on any atom is -0.493 e. The van der Waals surface area contributed by atoms with Crippen LogP contribution in [0.2, 0.25) is 0 Å². The van der Waals surface area contributed by atoms with Crippen molar-refractivity contribution in [1.82, 2.24) is 5.32 Å². The number of nitrogens with one attached hydrogen (secondary N) is 1. The van der Waals surface area contributed by atoms with Crippen LogP contribution in [-0.2, 0) is 12.7 Å². The second kappa shape index (κ2) is 6.61. The fourth-order valence-electron chi connectivity index (χ4n) is 1.49. The van der Waals surface area contributed by atoms with Gasteiger partial charge in [0.15, 0.2) is 0 Å². The molecular weight excluding hydrogens is 247 g/mol. The Hall–Kier alpha value is -1.27. The molecule has 2 N–H and O–H groups in total. The van der Waals surface area contributed by atoms with Crippen molar-refractivity contribution < 1.29 is 23.0 Å². The van der Waals surface area contributed by atoms with Crippen LogP contribution in [0.5, 0.6) is 5.75 Å². The molecule has 0 atom stereocenters. The van der Waals surface area contributed by atoms with Crippen molar-refractivity contribution in [1.29, 1.82) is 0 Å². The van der Waals surface area contributed by atoms with Gasteiger partial charge in [-0.2, -0.15) is 13.2 Å². The fourth-order valence-corrected chi connectivity index (χ4v) is 1.49. The van der Waals surface area contributed by atoms with Gasteiger partial charge in [0.05, 0.1) is 12.2 Å². The van der Waals surface area contributed by atoms with Gasteiger partial charge in [-0.05, 0) is 24.7 Å². The minimum atomic E-state index is -4.45. The largest absolute Gasteiger partial charge is 0.493 e. The van der Waals surface area contributed by atoms with E-state index in [-0.39, 0.29) is 19.0 Å². The Morgan fingerprint density at radius 1 is 1.33 bits per heavy atom. The average Bonchev–Trinajstić information content (AvgIpc) is 2.30. The number of aliphatic hydroxyl groups excluding tert-OH is 1. The SMILES string of the molecule is CNCc1ccc(OCCCO)c(C(F)(F)F)c1. The molecule has 0 aliphatic rings. The highest BCUT2D eigenvalue weighted by Gasteiger charge is 2.34. The van der Waals surface area contributed by atoms with Crippen LogP contribution in [0.1, 0.15) is 17.5 Å². The van der Waals surface area contributed by atoms with E-state index in [4.69, 9.17) is 9.84 Å². The second-order valence-electron chi connectivity index (χ2n) is 3.78. The number of ether oxygens (including phenoxy) is 1. The van der Waals surface area contributed by atoms with Gasteiger partial charge in [-0.25, -0.2) is 0 Å². The molecule has 0 radical (unpaired) electrons. The standard InChI is InChI=1S/C12H16F3NO2/c1-16-8-9-3-4-11(18-6-2-5-17)10(7-9)12(13,14)15/h3-4,7,16-17H,2,5-6,8H2,1H3. The number of benzene rings is 1. The minimum absolute atomic E-state index is 0.0605. The molecule has 0 saturated carbocycles. The molecule has 18 heavy (non-hydrogen) atoms. The highest BCUT2D eigenvalue weighted by atomic mass is 19.4. The van der Waals surface area contributed by atoms with Crippen LogP contribution in [0.15, 0.2) is 18.2 Å². The van der Waals surface area contributed by atoms with Gasteiger partial charge in [0, 0.05) is 19.6 Å². The van der Waals surface area contributed by atoms with Crippen LogP contribution in [0.4, 0.5) is 13.2 Å². The summed E-state index contributed by atoms with van der Waals surface area (Å²) in [5, 5.41) is 11.4. The third-order valence-electron chi connectivity index (χ3n) is 2.29. The van der Waals surface area contributed by atoms with Crippen LogP contribution in [0, 0.1) is 0 Å². The monoisotopic (exact) mass is 263 g/mol. The summed E-state index contributed by atoms with van der Waals surface area (Å²) >= 11 is 0. The number of alkyl halides is 3. The molecule has 0 amide bonds. The predicted molar refractivity (Wildman–Crippen MR) is 61.4 cm³/mol. The molecule has 0 aliphatic heterocycles. The molecule has 0 saturated heterocycles. The molecule has 102 valence electrons. The number of rotatable bonds is 6. The molecule has 1 aromatic carbocycles. The summed E-state index contributed by atoms with van der Waals surface area (Å²) in [6.07, 6.45) is -4.14. The Labute approximate surface area is 104 Å². The quantitative estimate of drug-likeness (QED) is 0.773. The van der Waals surface area contributed by atoms with Crippen molar-refractivity contribution in [3.05, 3.63) is 29.3 Å². The van der Waals surface area contributed by atoms with Crippen molar-refractivity contribution in [2.75, 3.05) is 20.3 Å². The summed E-state index contributed by atoms with van der Waals surface area (Å²) in [7, 11) is 1.67.